The summed E-state index contributed by atoms with van der Waals surface area (Å²) < 4.78 is 0. The Kier molecular flexibility index (Phi) is 2.98. The molecule has 0 aromatic rings. The Balaban J connectivity index is 1.76. The second-order valence-corrected chi connectivity index (χ2v) is 5.02. The van der Waals surface area contributed by atoms with Crippen LogP contribution in [0.3, 0.4) is 0 Å². The van der Waals surface area contributed by atoms with Crippen molar-refractivity contribution in [3.8, 4) is 0 Å². The molecule has 86 valence electrons. The molecule has 0 aromatic heterocycles. The molecule has 0 spiro atoms. The molecule has 2 rings (SSSR count). The van der Waals surface area contributed by atoms with Crippen molar-refractivity contribution in [2.45, 2.75) is 37.8 Å². The molecule has 0 radical (unpaired) electrons. The summed E-state index contributed by atoms with van der Waals surface area (Å²) in [5, 5.41) is 18.1. The first kappa shape index (κ1) is 10.9. The van der Waals surface area contributed by atoms with E-state index in [0.29, 0.717) is 5.92 Å². The molecule has 0 saturated heterocycles. The van der Waals surface area contributed by atoms with E-state index in [1.807, 2.05) is 7.05 Å². The lowest BCUT2D eigenvalue weighted by Gasteiger charge is -2.43. The molecule has 2 aliphatic carbocycles. The first-order chi connectivity index (χ1) is 7.08. The smallest absolute Gasteiger partial charge is 0.308 e. The first-order valence-electron chi connectivity index (χ1n) is 5.69. The molecule has 2 saturated carbocycles. The fourth-order valence-corrected chi connectivity index (χ4v) is 2.69. The number of aliphatic carboxylic acids is 1. The van der Waals surface area contributed by atoms with Crippen LogP contribution in [0.5, 0.6) is 0 Å². The largest absolute Gasteiger partial charge is 0.481 e. The predicted octanol–water partition coefficient (Wildman–Crippen LogP) is 0.552. The lowest BCUT2D eigenvalue weighted by atomic mass is 9.77. The number of nitrogens with zero attached hydrogens (tertiary/aromatic N) is 1. The lowest BCUT2D eigenvalue weighted by Crippen LogP contribution is -2.51. The summed E-state index contributed by atoms with van der Waals surface area (Å²) in [6.45, 7) is 0.936. The highest BCUT2D eigenvalue weighted by Gasteiger charge is 2.40. The molecule has 2 atom stereocenters. The number of rotatable bonds is 4. The van der Waals surface area contributed by atoms with Crippen LogP contribution in [-0.4, -0.2) is 46.8 Å². The van der Waals surface area contributed by atoms with Gasteiger partial charge in [0.1, 0.15) is 0 Å². The standard InChI is InChI=1S/C11H19NO3/c1-12(6-7-4-8(13)5-7)10-3-2-9(10)11(14)15/h7-10,13H,2-6H2,1H3,(H,14,15). The summed E-state index contributed by atoms with van der Waals surface area (Å²) in [6.07, 6.45) is 3.48. The summed E-state index contributed by atoms with van der Waals surface area (Å²) in [7, 11) is 2.00. The van der Waals surface area contributed by atoms with Gasteiger partial charge in [0.05, 0.1) is 12.0 Å². The van der Waals surface area contributed by atoms with Crippen molar-refractivity contribution in [1.29, 1.82) is 0 Å². The van der Waals surface area contributed by atoms with Gasteiger partial charge in [-0.15, -0.1) is 0 Å². The van der Waals surface area contributed by atoms with Crippen LogP contribution in [0.1, 0.15) is 25.7 Å². The zero-order chi connectivity index (χ0) is 11.0. The maximum absolute atomic E-state index is 10.9. The van der Waals surface area contributed by atoms with Crippen molar-refractivity contribution < 1.29 is 15.0 Å². The Hall–Kier alpha value is -0.610. The van der Waals surface area contributed by atoms with Gasteiger partial charge in [-0.3, -0.25) is 4.79 Å². The number of carbonyl (C=O) groups is 1. The fourth-order valence-electron chi connectivity index (χ4n) is 2.69. The van der Waals surface area contributed by atoms with Crippen molar-refractivity contribution in [2.75, 3.05) is 13.6 Å². The Morgan fingerprint density at radius 1 is 1.40 bits per heavy atom. The monoisotopic (exact) mass is 213 g/mol. The van der Waals surface area contributed by atoms with E-state index in [4.69, 9.17) is 10.2 Å². The molecule has 2 N–H and O–H groups in total. The SMILES string of the molecule is CN(CC1CC(O)C1)C1CCC1C(=O)O. The van der Waals surface area contributed by atoms with Crippen LogP contribution in [-0.2, 0) is 4.79 Å². The highest BCUT2D eigenvalue weighted by Crippen LogP contribution is 2.34. The van der Waals surface area contributed by atoms with Crippen LogP contribution in [0.2, 0.25) is 0 Å². The molecule has 4 heteroatoms. The maximum atomic E-state index is 10.9. The molecular formula is C11H19NO3. The van der Waals surface area contributed by atoms with Crippen LogP contribution in [0.4, 0.5) is 0 Å². The van der Waals surface area contributed by atoms with Gasteiger partial charge in [-0.2, -0.15) is 0 Å². The van der Waals surface area contributed by atoms with E-state index < -0.39 is 5.97 Å². The average Bonchev–Trinajstić information content (AvgIpc) is 1.97. The highest BCUT2D eigenvalue weighted by molar-refractivity contribution is 5.72. The quantitative estimate of drug-likeness (QED) is 0.716. The molecule has 2 fully saturated rings. The van der Waals surface area contributed by atoms with E-state index in [1.54, 1.807) is 0 Å². The molecule has 0 amide bonds. The predicted molar refractivity (Wildman–Crippen MR) is 55.5 cm³/mol. The summed E-state index contributed by atoms with van der Waals surface area (Å²) in [5.41, 5.74) is 0. The second kappa shape index (κ2) is 4.10. The van der Waals surface area contributed by atoms with Crippen LogP contribution < -0.4 is 0 Å². The topological polar surface area (TPSA) is 60.8 Å². The first-order valence-corrected chi connectivity index (χ1v) is 5.69. The Labute approximate surface area is 89.9 Å². The van der Waals surface area contributed by atoms with Crippen LogP contribution in [0.15, 0.2) is 0 Å². The third kappa shape index (κ3) is 2.16. The van der Waals surface area contributed by atoms with Crippen molar-refractivity contribution in [3.05, 3.63) is 0 Å². The van der Waals surface area contributed by atoms with Crippen LogP contribution >= 0.6 is 0 Å². The van der Waals surface area contributed by atoms with Gasteiger partial charge in [0.2, 0.25) is 0 Å². The number of carboxylic acid groups (broad SMARTS) is 1. The number of hydrogen-bond acceptors (Lipinski definition) is 3. The molecule has 15 heavy (non-hydrogen) atoms. The molecule has 2 aliphatic rings. The number of carboxylic acids is 1. The van der Waals surface area contributed by atoms with E-state index in [0.717, 1.165) is 32.2 Å². The Morgan fingerprint density at radius 3 is 2.47 bits per heavy atom. The number of aliphatic hydroxyl groups is 1. The van der Waals surface area contributed by atoms with Gasteiger partial charge in [0, 0.05) is 12.6 Å². The van der Waals surface area contributed by atoms with Gasteiger partial charge < -0.3 is 15.1 Å². The molecule has 0 heterocycles. The van der Waals surface area contributed by atoms with Gasteiger partial charge >= 0.3 is 5.97 Å². The molecule has 2 unspecified atom stereocenters. The van der Waals surface area contributed by atoms with Crippen molar-refractivity contribution in [3.63, 3.8) is 0 Å². The highest BCUT2D eigenvalue weighted by atomic mass is 16.4. The molecule has 0 bridgehead atoms. The fraction of sp³-hybridized carbons (Fsp3) is 0.909. The van der Waals surface area contributed by atoms with E-state index >= 15 is 0 Å². The normalized spacial score (nSPS) is 39.7. The van der Waals surface area contributed by atoms with E-state index in [2.05, 4.69) is 4.90 Å². The Morgan fingerprint density at radius 2 is 2.07 bits per heavy atom. The minimum Gasteiger partial charge on any atom is -0.481 e. The lowest BCUT2D eigenvalue weighted by molar-refractivity contribution is -0.149. The van der Waals surface area contributed by atoms with E-state index in [9.17, 15) is 4.79 Å². The van der Waals surface area contributed by atoms with Crippen LogP contribution in [0.25, 0.3) is 0 Å². The van der Waals surface area contributed by atoms with Gasteiger partial charge in [0.25, 0.3) is 0 Å². The Bertz CT molecular complexity index is 250. The average molecular weight is 213 g/mol. The van der Waals surface area contributed by atoms with Crippen molar-refractivity contribution in [2.24, 2.45) is 11.8 Å². The van der Waals surface area contributed by atoms with Gasteiger partial charge in [-0.25, -0.2) is 0 Å². The molecule has 0 aromatic carbocycles. The molecule has 0 aliphatic heterocycles. The summed E-state index contributed by atoms with van der Waals surface area (Å²) >= 11 is 0. The number of hydrogen-bond donors (Lipinski definition) is 2. The van der Waals surface area contributed by atoms with Gasteiger partial charge in [-0.05, 0) is 38.6 Å². The van der Waals surface area contributed by atoms with E-state index in [1.165, 1.54) is 0 Å². The van der Waals surface area contributed by atoms with Crippen molar-refractivity contribution >= 4 is 5.97 Å². The third-order valence-corrected chi connectivity index (χ3v) is 3.88. The van der Waals surface area contributed by atoms with Crippen molar-refractivity contribution in [1.82, 2.24) is 4.90 Å². The summed E-state index contributed by atoms with van der Waals surface area (Å²) in [4.78, 5) is 13.0. The zero-order valence-corrected chi connectivity index (χ0v) is 9.09. The maximum Gasteiger partial charge on any atom is 0.308 e. The third-order valence-electron chi connectivity index (χ3n) is 3.88. The van der Waals surface area contributed by atoms with E-state index in [-0.39, 0.29) is 18.1 Å². The zero-order valence-electron chi connectivity index (χ0n) is 9.09. The second-order valence-electron chi connectivity index (χ2n) is 5.02. The molecule has 4 nitrogen and oxygen atoms in total. The van der Waals surface area contributed by atoms with Crippen LogP contribution in [0, 0.1) is 11.8 Å². The summed E-state index contributed by atoms with van der Waals surface area (Å²) in [6, 6.07) is 0.222. The number of aliphatic hydroxyl groups excluding tert-OH is 1. The minimum absolute atomic E-state index is 0.111. The van der Waals surface area contributed by atoms with Gasteiger partial charge in [-0.1, -0.05) is 0 Å². The molecular weight excluding hydrogens is 194 g/mol. The van der Waals surface area contributed by atoms with Gasteiger partial charge in [0.15, 0.2) is 0 Å². The summed E-state index contributed by atoms with van der Waals surface area (Å²) in [5.74, 6) is -0.258. The minimum atomic E-state index is -0.660.